The first-order valence-electron chi connectivity index (χ1n) is 8.72. The van der Waals surface area contributed by atoms with Gasteiger partial charge in [0.2, 0.25) is 0 Å². The molecular formula is C16H31NO6S2. The summed E-state index contributed by atoms with van der Waals surface area (Å²) in [4.78, 5) is 0. The number of aliphatic hydroxyl groups is 4. The fourth-order valence-corrected chi connectivity index (χ4v) is 4.23. The lowest BCUT2D eigenvalue weighted by molar-refractivity contribution is -0.205. The van der Waals surface area contributed by atoms with Gasteiger partial charge < -0.3 is 30.4 Å². The predicted octanol–water partition coefficient (Wildman–Crippen LogP) is 1.40. The van der Waals surface area contributed by atoms with Gasteiger partial charge in [-0.05, 0) is 31.3 Å². The highest BCUT2D eigenvalue weighted by Gasteiger charge is 2.44. The molecule has 0 radical (unpaired) electrons. The van der Waals surface area contributed by atoms with Crippen molar-refractivity contribution in [2.24, 2.45) is 5.16 Å². The van der Waals surface area contributed by atoms with E-state index in [2.05, 4.69) is 11.4 Å². The number of aliphatic hydroxyl groups excluding tert-OH is 4. The first-order valence-corrected chi connectivity index (χ1v) is 11.0. The molecule has 0 amide bonds. The van der Waals surface area contributed by atoms with Gasteiger partial charge in [0.05, 0.1) is 6.61 Å². The van der Waals surface area contributed by atoms with Crippen LogP contribution in [0, 0.1) is 0 Å². The van der Waals surface area contributed by atoms with Gasteiger partial charge in [-0.2, -0.15) is 11.8 Å². The van der Waals surface area contributed by atoms with E-state index in [0.717, 1.165) is 31.0 Å². The highest BCUT2D eigenvalue weighted by atomic mass is 32.2. The number of nitrogens with zero attached hydrogens (tertiary/aromatic N) is 1. The van der Waals surface area contributed by atoms with Gasteiger partial charge in [0.25, 0.3) is 0 Å². The molecule has 1 aliphatic rings. The van der Waals surface area contributed by atoms with Crippen molar-refractivity contribution in [3.63, 3.8) is 0 Å². The molecule has 0 aromatic heterocycles. The minimum absolute atomic E-state index is 0.409. The molecule has 148 valence electrons. The lowest BCUT2D eigenvalue weighted by Crippen LogP contribution is -2.57. The van der Waals surface area contributed by atoms with E-state index in [-0.39, 0.29) is 0 Å². The van der Waals surface area contributed by atoms with Gasteiger partial charge in [0.15, 0.2) is 0 Å². The van der Waals surface area contributed by atoms with E-state index in [1.807, 2.05) is 11.8 Å². The second-order valence-electron chi connectivity index (χ2n) is 6.17. The Morgan fingerprint density at radius 3 is 2.20 bits per heavy atom. The normalized spacial score (nSPS) is 30.6. The van der Waals surface area contributed by atoms with E-state index in [1.165, 1.54) is 25.0 Å². The maximum Gasteiger partial charge on any atom is 0.138 e. The first kappa shape index (κ1) is 23.0. The van der Waals surface area contributed by atoms with Gasteiger partial charge in [-0.1, -0.05) is 42.6 Å². The Bertz CT molecular complexity index is 386. The van der Waals surface area contributed by atoms with Gasteiger partial charge in [-0.25, -0.2) is 0 Å². The molecule has 1 fully saturated rings. The summed E-state index contributed by atoms with van der Waals surface area (Å²) < 4.78 is 5.40. The number of thioether (sulfide) groups is 2. The van der Waals surface area contributed by atoms with E-state index in [4.69, 9.17) is 9.94 Å². The second kappa shape index (κ2) is 13.2. The zero-order valence-electron chi connectivity index (χ0n) is 14.7. The van der Waals surface area contributed by atoms with Gasteiger partial charge in [0, 0.05) is 0 Å². The summed E-state index contributed by atoms with van der Waals surface area (Å²) in [5, 5.41) is 51.5. The molecule has 1 rings (SSSR count). The van der Waals surface area contributed by atoms with E-state index in [0.29, 0.717) is 11.5 Å². The Hall–Kier alpha value is -0.0300. The molecule has 5 atom stereocenters. The van der Waals surface area contributed by atoms with Crippen molar-refractivity contribution in [1.82, 2.24) is 0 Å². The molecule has 25 heavy (non-hydrogen) atoms. The minimum Gasteiger partial charge on any atom is -0.410 e. The highest BCUT2D eigenvalue weighted by Crippen LogP contribution is 2.30. The molecule has 1 heterocycles. The van der Waals surface area contributed by atoms with Gasteiger partial charge in [-0.15, -0.1) is 0 Å². The Morgan fingerprint density at radius 2 is 1.60 bits per heavy atom. The Morgan fingerprint density at radius 1 is 0.960 bits per heavy atom. The third-order valence-electron chi connectivity index (χ3n) is 4.20. The van der Waals surface area contributed by atoms with Crippen molar-refractivity contribution in [2.45, 2.75) is 74.8 Å². The van der Waals surface area contributed by atoms with E-state index >= 15 is 0 Å². The van der Waals surface area contributed by atoms with Crippen molar-refractivity contribution < 1.29 is 30.4 Å². The van der Waals surface area contributed by atoms with Gasteiger partial charge >= 0.3 is 0 Å². The second-order valence-corrected chi connectivity index (χ2v) is 8.33. The minimum atomic E-state index is -1.41. The number of oxime groups is 1. The van der Waals surface area contributed by atoms with Crippen LogP contribution in [0.25, 0.3) is 0 Å². The number of rotatable bonds is 11. The Labute approximate surface area is 157 Å². The van der Waals surface area contributed by atoms with Crippen LogP contribution < -0.4 is 0 Å². The zero-order chi connectivity index (χ0) is 18.7. The summed E-state index contributed by atoms with van der Waals surface area (Å²) in [6, 6.07) is 0. The molecule has 1 saturated heterocycles. The molecule has 0 aliphatic carbocycles. The molecule has 0 aromatic rings. The van der Waals surface area contributed by atoms with Crippen LogP contribution in [-0.4, -0.2) is 79.1 Å². The third kappa shape index (κ3) is 8.03. The SMILES string of the molecule is CSCCCCCCCC/C(=N/O)S[C@@H]1O[C@H](CO)[C@@H](O)[C@H](O)[C@H]1O. The van der Waals surface area contributed by atoms with Crippen LogP contribution in [0.1, 0.15) is 44.9 Å². The summed E-state index contributed by atoms with van der Waals surface area (Å²) in [5.41, 5.74) is -0.895. The summed E-state index contributed by atoms with van der Waals surface area (Å²) in [5.74, 6) is 1.21. The monoisotopic (exact) mass is 397 g/mol. The van der Waals surface area contributed by atoms with Crippen molar-refractivity contribution in [1.29, 1.82) is 0 Å². The zero-order valence-corrected chi connectivity index (χ0v) is 16.3. The Balaban J connectivity index is 2.30. The molecule has 0 saturated carbocycles. The van der Waals surface area contributed by atoms with Crippen LogP contribution in [0.3, 0.4) is 0 Å². The van der Waals surface area contributed by atoms with Gasteiger partial charge in [0.1, 0.15) is 34.9 Å². The lowest BCUT2D eigenvalue weighted by atomic mass is 10.0. The molecule has 9 heteroatoms. The van der Waals surface area contributed by atoms with Crippen molar-refractivity contribution in [3.8, 4) is 0 Å². The topological polar surface area (TPSA) is 123 Å². The van der Waals surface area contributed by atoms with Gasteiger partial charge in [-0.3, -0.25) is 0 Å². The van der Waals surface area contributed by atoms with E-state index in [9.17, 15) is 20.4 Å². The molecule has 0 bridgehead atoms. The molecule has 1 aliphatic heterocycles. The van der Waals surface area contributed by atoms with Crippen molar-refractivity contribution >= 4 is 28.6 Å². The van der Waals surface area contributed by atoms with Crippen LogP contribution in [0.2, 0.25) is 0 Å². The fraction of sp³-hybridized carbons (Fsp3) is 0.938. The smallest absolute Gasteiger partial charge is 0.138 e. The maximum absolute atomic E-state index is 10.0. The number of hydrogen-bond acceptors (Lipinski definition) is 9. The summed E-state index contributed by atoms with van der Waals surface area (Å²) in [6.07, 6.45) is 4.34. The van der Waals surface area contributed by atoms with Crippen LogP contribution >= 0.6 is 23.5 Å². The molecule has 7 nitrogen and oxygen atoms in total. The number of unbranched alkanes of at least 4 members (excludes halogenated alkanes) is 5. The third-order valence-corrected chi connectivity index (χ3v) is 6.08. The quantitative estimate of drug-likeness (QED) is 0.117. The summed E-state index contributed by atoms with van der Waals surface area (Å²) in [6.45, 7) is -0.468. The Kier molecular flexibility index (Phi) is 12.1. The standard InChI is InChI=1S/C16H31NO6S2/c1-24-9-7-5-3-2-4-6-8-12(17-22)25-16-15(21)14(20)13(19)11(10-18)23-16/h11,13-16,18-22H,2-10H2,1H3/b17-12-/t11-,13-,14+,15-,16+/m1/s1. The van der Waals surface area contributed by atoms with Crippen LogP contribution in [0.15, 0.2) is 5.16 Å². The average molecular weight is 398 g/mol. The lowest BCUT2D eigenvalue weighted by Gasteiger charge is -2.39. The summed E-state index contributed by atoms with van der Waals surface area (Å²) in [7, 11) is 0. The fourth-order valence-electron chi connectivity index (χ4n) is 2.66. The first-order chi connectivity index (χ1) is 12.0. The van der Waals surface area contributed by atoms with Crippen LogP contribution in [0.5, 0.6) is 0 Å². The highest BCUT2D eigenvalue weighted by molar-refractivity contribution is 8.14. The van der Waals surface area contributed by atoms with E-state index < -0.39 is 36.5 Å². The number of ether oxygens (including phenoxy) is 1. The number of hydrogen-bond donors (Lipinski definition) is 5. The average Bonchev–Trinajstić information content (AvgIpc) is 2.62. The summed E-state index contributed by atoms with van der Waals surface area (Å²) >= 11 is 2.88. The predicted molar refractivity (Wildman–Crippen MR) is 101 cm³/mol. The molecule has 0 spiro atoms. The van der Waals surface area contributed by atoms with Crippen molar-refractivity contribution in [3.05, 3.63) is 0 Å². The largest absolute Gasteiger partial charge is 0.410 e. The molecular weight excluding hydrogens is 366 g/mol. The van der Waals surface area contributed by atoms with Crippen LogP contribution in [0.4, 0.5) is 0 Å². The maximum atomic E-state index is 10.0. The van der Waals surface area contributed by atoms with Crippen molar-refractivity contribution in [2.75, 3.05) is 18.6 Å². The van der Waals surface area contributed by atoms with E-state index in [1.54, 1.807) is 0 Å². The molecule has 0 unspecified atom stereocenters. The van der Waals surface area contributed by atoms with Crippen LogP contribution in [-0.2, 0) is 4.74 Å². The molecule has 0 aromatic carbocycles. The molecule has 5 N–H and O–H groups in total.